The van der Waals surface area contributed by atoms with Crippen molar-refractivity contribution in [1.29, 1.82) is 0 Å². The van der Waals surface area contributed by atoms with E-state index in [1.165, 1.54) is 5.69 Å². The van der Waals surface area contributed by atoms with Gasteiger partial charge in [-0.1, -0.05) is 19.1 Å². The van der Waals surface area contributed by atoms with E-state index in [9.17, 15) is 10.2 Å². The fraction of sp³-hybridized carbons (Fsp3) is 0.571. The van der Waals surface area contributed by atoms with Gasteiger partial charge >= 0.3 is 0 Å². The van der Waals surface area contributed by atoms with Gasteiger partial charge in [0.2, 0.25) is 0 Å². The third-order valence-corrected chi connectivity index (χ3v) is 3.49. The first-order valence-electron chi connectivity index (χ1n) is 6.41. The van der Waals surface area contributed by atoms with Gasteiger partial charge in [0.1, 0.15) is 0 Å². The van der Waals surface area contributed by atoms with Crippen LogP contribution in [0.5, 0.6) is 0 Å². The van der Waals surface area contributed by atoms with Crippen molar-refractivity contribution in [2.75, 3.05) is 18.0 Å². The molecule has 2 rings (SSSR count). The van der Waals surface area contributed by atoms with E-state index in [4.69, 9.17) is 0 Å². The molecular formula is C14H21NO2. The van der Waals surface area contributed by atoms with Crippen LogP contribution in [0.25, 0.3) is 0 Å². The van der Waals surface area contributed by atoms with Crippen molar-refractivity contribution in [2.24, 2.45) is 0 Å². The largest absolute Gasteiger partial charge is 0.393 e. The SMILES string of the molecule is CC[C@@H](O)c1ccc(N2CCC(O)CC2)cc1. The lowest BCUT2D eigenvalue weighted by Gasteiger charge is -2.31. The zero-order valence-corrected chi connectivity index (χ0v) is 10.3. The van der Waals surface area contributed by atoms with Crippen molar-refractivity contribution < 1.29 is 10.2 Å². The number of hydrogen-bond donors (Lipinski definition) is 2. The molecule has 1 aliphatic heterocycles. The molecule has 94 valence electrons. The Balaban J connectivity index is 2.02. The van der Waals surface area contributed by atoms with E-state index >= 15 is 0 Å². The van der Waals surface area contributed by atoms with E-state index in [-0.39, 0.29) is 12.2 Å². The number of nitrogens with zero attached hydrogens (tertiary/aromatic N) is 1. The third kappa shape index (κ3) is 2.99. The van der Waals surface area contributed by atoms with E-state index in [1.807, 2.05) is 19.1 Å². The maximum Gasteiger partial charge on any atom is 0.0787 e. The van der Waals surface area contributed by atoms with Crippen LogP contribution in [0.2, 0.25) is 0 Å². The molecule has 1 aromatic rings. The van der Waals surface area contributed by atoms with Gasteiger partial charge in [-0.3, -0.25) is 0 Å². The van der Waals surface area contributed by atoms with Crippen LogP contribution in [0.3, 0.4) is 0 Å². The Bertz CT molecular complexity index is 342. The quantitative estimate of drug-likeness (QED) is 0.843. The molecule has 1 aliphatic rings. The predicted octanol–water partition coefficient (Wildman–Crippen LogP) is 2.09. The summed E-state index contributed by atoms with van der Waals surface area (Å²) in [6.07, 6.45) is 1.95. The first-order valence-corrected chi connectivity index (χ1v) is 6.41. The molecule has 1 fully saturated rings. The Morgan fingerprint density at radius 2 is 1.82 bits per heavy atom. The first-order chi connectivity index (χ1) is 8.20. The fourth-order valence-corrected chi connectivity index (χ4v) is 2.27. The van der Waals surface area contributed by atoms with Crippen molar-refractivity contribution in [1.82, 2.24) is 0 Å². The number of hydrogen-bond acceptors (Lipinski definition) is 3. The van der Waals surface area contributed by atoms with E-state index in [2.05, 4.69) is 17.0 Å². The highest BCUT2D eigenvalue weighted by Crippen LogP contribution is 2.23. The summed E-state index contributed by atoms with van der Waals surface area (Å²) in [5.41, 5.74) is 2.16. The van der Waals surface area contributed by atoms with Crippen LogP contribution in [0.1, 0.15) is 37.9 Å². The Hall–Kier alpha value is -1.06. The summed E-state index contributed by atoms with van der Waals surface area (Å²) in [4.78, 5) is 2.29. The number of piperidine rings is 1. The molecule has 0 spiro atoms. The third-order valence-electron chi connectivity index (χ3n) is 3.49. The van der Waals surface area contributed by atoms with Crippen LogP contribution in [0.4, 0.5) is 5.69 Å². The molecule has 3 heteroatoms. The zero-order valence-electron chi connectivity index (χ0n) is 10.3. The summed E-state index contributed by atoms with van der Waals surface area (Å²) in [5, 5.41) is 19.2. The molecule has 1 atom stereocenters. The zero-order chi connectivity index (χ0) is 12.3. The lowest BCUT2D eigenvalue weighted by atomic mass is 10.0. The molecule has 0 saturated carbocycles. The smallest absolute Gasteiger partial charge is 0.0787 e. The molecule has 17 heavy (non-hydrogen) atoms. The summed E-state index contributed by atoms with van der Waals surface area (Å²) in [6, 6.07) is 8.11. The van der Waals surface area contributed by atoms with Crippen LogP contribution in [0.15, 0.2) is 24.3 Å². The summed E-state index contributed by atoms with van der Waals surface area (Å²) < 4.78 is 0. The van der Waals surface area contributed by atoms with Crippen LogP contribution in [-0.2, 0) is 0 Å². The lowest BCUT2D eigenvalue weighted by Crippen LogP contribution is -2.35. The van der Waals surface area contributed by atoms with Crippen molar-refractivity contribution >= 4 is 5.69 Å². The van der Waals surface area contributed by atoms with Crippen molar-refractivity contribution in [3.8, 4) is 0 Å². The molecule has 0 aliphatic carbocycles. The lowest BCUT2D eigenvalue weighted by molar-refractivity contribution is 0.145. The minimum atomic E-state index is -0.354. The molecule has 1 saturated heterocycles. The van der Waals surface area contributed by atoms with Gasteiger partial charge < -0.3 is 15.1 Å². The standard InChI is InChI=1S/C14H21NO2/c1-2-14(17)11-3-5-12(6-4-11)15-9-7-13(16)8-10-15/h3-6,13-14,16-17H,2,7-10H2,1H3/t14-/m1/s1. The Morgan fingerprint density at radius 1 is 1.24 bits per heavy atom. The van der Waals surface area contributed by atoms with Gasteiger partial charge in [0.05, 0.1) is 12.2 Å². The van der Waals surface area contributed by atoms with Gasteiger partial charge in [-0.25, -0.2) is 0 Å². The summed E-state index contributed by atoms with van der Waals surface area (Å²) in [6.45, 7) is 3.80. The number of aliphatic hydroxyl groups excluding tert-OH is 2. The average molecular weight is 235 g/mol. The Labute approximate surface area is 103 Å². The van der Waals surface area contributed by atoms with Gasteiger partial charge in [0, 0.05) is 18.8 Å². The molecule has 1 aromatic carbocycles. The van der Waals surface area contributed by atoms with Gasteiger partial charge in [-0.2, -0.15) is 0 Å². The molecule has 0 aromatic heterocycles. The second-order valence-electron chi connectivity index (χ2n) is 4.73. The van der Waals surface area contributed by atoms with E-state index < -0.39 is 0 Å². The van der Waals surface area contributed by atoms with E-state index in [0.717, 1.165) is 37.9 Å². The van der Waals surface area contributed by atoms with Gasteiger partial charge in [0.15, 0.2) is 0 Å². The molecular weight excluding hydrogens is 214 g/mol. The average Bonchev–Trinajstić information content (AvgIpc) is 2.39. The maximum atomic E-state index is 9.72. The Kier molecular flexibility index (Phi) is 4.02. The molecule has 2 N–H and O–H groups in total. The normalized spacial score (nSPS) is 19.4. The molecule has 0 radical (unpaired) electrons. The highest BCUT2D eigenvalue weighted by Gasteiger charge is 2.17. The summed E-state index contributed by atoms with van der Waals surface area (Å²) in [7, 11) is 0. The fourth-order valence-electron chi connectivity index (χ4n) is 2.27. The molecule has 3 nitrogen and oxygen atoms in total. The van der Waals surface area contributed by atoms with Gasteiger partial charge in [-0.15, -0.1) is 0 Å². The van der Waals surface area contributed by atoms with Crippen molar-refractivity contribution in [3.05, 3.63) is 29.8 Å². The second kappa shape index (κ2) is 5.52. The number of benzene rings is 1. The molecule has 0 unspecified atom stereocenters. The highest BCUT2D eigenvalue weighted by atomic mass is 16.3. The van der Waals surface area contributed by atoms with Crippen LogP contribution in [-0.4, -0.2) is 29.4 Å². The molecule has 0 bridgehead atoms. The number of aliphatic hydroxyl groups is 2. The van der Waals surface area contributed by atoms with Crippen molar-refractivity contribution in [2.45, 2.75) is 38.4 Å². The maximum absolute atomic E-state index is 9.72. The number of rotatable bonds is 3. The topological polar surface area (TPSA) is 43.7 Å². The minimum Gasteiger partial charge on any atom is -0.393 e. The summed E-state index contributed by atoms with van der Waals surface area (Å²) in [5.74, 6) is 0. The molecule has 1 heterocycles. The van der Waals surface area contributed by atoms with Crippen LogP contribution < -0.4 is 4.90 Å². The van der Waals surface area contributed by atoms with Gasteiger partial charge in [-0.05, 0) is 37.0 Å². The second-order valence-corrected chi connectivity index (χ2v) is 4.73. The van der Waals surface area contributed by atoms with E-state index in [1.54, 1.807) is 0 Å². The van der Waals surface area contributed by atoms with Crippen molar-refractivity contribution in [3.63, 3.8) is 0 Å². The number of anilines is 1. The monoisotopic (exact) mass is 235 g/mol. The summed E-state index contributed by atoms with van der Waals surface area (Å²) >= 11 is 0. The van der Waals surface area contributed by atoms with E-state index in [0.29, 0.717) is 0 Å². The first kappa shape index (κ1) is 12.4. The Morgan fingerprint density at radius 3 is 2.35 bits per heavy atom. The van der Waals surface area contributed by atoms with Gasteiger partial charge in [0.25, 0.3) is 0 Å². The highest BCUT2D eigenvalue weighted by molar-refractivity contribution is 5.48. The van der Waals surface area contributed by atoms with Crippen LogP contribution in [0, 0.1) is 0 Å². The molecule has 0 amide bonds. The predicted molar refractivity (Wildman–Crippen MR) is 69.1 cm³/mol. The minimum absolute atomic E-state index is 0.132. The van der Waals surface area contributed by atoms with Crippen LogP contribution >= 0.6 is 0 Å².